The average molecular weight is 1910 g/mol. The van der Waals surface area contributed by atoms with Gasteiger partial charge in [-0.3, -0.25) is 10.1 Å². The molecule has 0 radical (unpaired) electrons. The van der Waals surface area contributed by atoms with Gasteiger partial charge in [-0.05, 0) is 191 Å². The van der Waals surface area contributed by atoms with E-state index in [1.807, 2.05) is 130 Å². The number of halogens is 3. The monoisotopic (exact) mass is 1910 g/mol. The number of pyridine rings is 1. The van der Waals surface area contributed by atoms with Gasteiger partial charge in [0, 0.05) is 180 Å². The van der Waals surface area contributed by atoms with E-state index in [-0.39, 0.29) is 26.4 Å². The van der Waals surface area contributed by atoms with E-state index in [0.29, 0.717) is 112 Å². The third kappa shape index (κ3) is 28.3. The summed E-state index contributed by atoms with van der Waals surface area (Å²) in [6.45, 7) is 12.7. The molecule has 32 heteroatoms. The quantitative estimate of drug-likeness (QED) is 0.0176. The highest BCUT2D eigenvalue weighted by molar-refractivity contribution is 6.31. The number of H-pyrrole nitrogens is 1. The number of rotatable bonds is 36. The van der Waals surface area contributed by atoms with Crippen LogP contribution in [0.3, 0.4) is 0 Å². The van der Waals surface area contributed by atoms with E-state index >= 15 is 0 Å². The van der Waals surface area contributed by atoms with E-state index in [2.05, 4.69) is 121 Å². The van der Waals surface area contributed by atoms with E-state index in [1.165, 1.54) is 116 Å². The molecule has 9 N–H and O–H groups in total. The molecule has 0 amide bonds. The lowest BCUT2D eigenvalue weighted by atomic mass is 9.94. The summed E-state index contributed by atoms with van der Waals surface area (Å²) in [6.07, 6.45) is 31.3. The van der Waals surface area contributed by atoms with Crippen molar-refractivity contribution in [2.75, 3.05) is 129 Å². The van der Waals surface area contributed by atoms with Gasteiger partial charge in [-0.2, -0.15) is 10.2 Å². The number of anilines is 4. The van der Waals surface area contributed by atoms with Crippen LogP contribution in [0.4, 0.5) is 23.3 Å². The number of allylic oxidation sites excluding steroid dienone is 1. The molecule has 4 atom stereocenters. The number of nitrogens with one attached hydrogen (secondary N) is 5. The number of hydrogen-bond donors (Lipinski definition) is 9. The molecule has 0 spiro atoms. The molecule has 16 rings (SSSR count). The van der Waals surface area contributed by atoms with E-state index in [9.17, 15) is 20.4 Å². The van der Waals surface area contributed by atoms with Crippen LogP contribution >= 0.6 is 34.8 Å². The number of likely N-dealkylation sites (N-methyl/N-ethyl adjacent to an activating group) is 4. The Bertz CT molecular complexity index is 5620. The summed E-state index contributed by atoms with van der Waals surface area (Å²) in [5.41, 5.74) is 11.4. The summed E-state index contributed by atoms with van der Waals surface area (Å²) in [4.78, 5) is 53.2. The van der Waals surface area contributed by atoms with E-state index in [0.717, 1.165) is 120 Å². The summed E-state index contributed by atoms with van der Waals surface area (Å²) in [6, 6.07) is 42.2. The van der Waals surface area contributed by atoms with Gasteiger partial charge in [0.05, 0.1) is 28.8 Å². The van der Waals surface area contributed by atoms with Gasteiger partial charge >= 0.3 is 0 Å². The molecule has 4 aliphatic carbocycles. The molecular weight excluding hydrogens is 1780 g/mol. The Balaban J connectivity index is 0.000000154. The van der Waals surface area contributed by atoms with Crippen molar-refractivity contribution in [1.29, 1.82) is 0 Å². The Morgan fingerprint density at radius 1 is 0.449 bits per heavy atom. The van der Waals surface area contributed by atoms with Crippen molar-refractivity contribution in [1.82, 2.24) is 86.1 Å². The van der Waals surface area contributed by atoms with E-state index < -0.39 is 24.4 Å². The Hall–Kier alpha value is -11.1. The average Bonchev–Trinajstić information content (AvgIpc) is 1.22. The zero-order chi connectivity index (χ0) is 96.2. The molecule has 4 unspecified atom stereocenters. The lowest BCUT2D eigenvalue weighted by Gasteiger charge is -2.33. The summed E-state index contributed by atoms with van der Waals surface area (Å²) < 4.78 is 25.0. The van der Waals surface area contributed by atoms with Crippen LogP contribution in [0.25, 0.3) is 90.4 Å². The maximum absolute atomic E-state index is 10.0. The minimum Gasteiger partial charge on any atom is -0.491 e. The first kappa shape index (κ1) is 102. The van der Waals surface area contributed by atoms with Gasteiger partial charge < -0.3 is 80.2 Å². The fourth-order valence-corrected chi connectivity index (χ4v) is 18.7. The first-order valence-electron chi connectivity index (χ1n) is 47.7. The fraction of sp³-hybridized carbons (Fsp3) is 0.452. The molecule has 5 aromatic carbocycles. The van der Waals surface area contributed by atoms with E-state index in [4.69, 9.17) is 93.6 Å². The second-order valence-electron chi connectivity index (χ2n) is 35.9. The minimum absolute atomic E-state index is 0.156. The molecule has 29 nitrogen and oxygen atoms in total. The molecular formula is C104H134Cl3N21O8. The van der Waals surface area contributed by atoms with Crippen LogP contribution in [-0.2, 0) is 0 Å². The number of hydrogen-bond acceptors (Lipinski definition) is 27. The molecule has 4 fully saturated rings. The summed E-state index contributed by atoms with van der Waals surface area (Å²) in [5.74, 6) is 9.10. The Morgan fingerprint density at radius 3 is 1.34 bits per heavy atom. The number of aromatic amines is 1. The number of nitrogens with zero attached hydrogens (tertiary/aromatic N) is 16. The van der Waals surface area contributed by atoms with Gasteiger partial charge in [-0.15, -0.1) is 0 Å². The molecule has 0 bridgehead atoms. The summed E-state index contributed by atoms with van der Waals surface area (Å²) in [7, 11) is 15.7. The van der Waals surface area contributed by atoms with Gasteiger partial charge in [0.25, 0.3) is 0 Å². The van der Waals surface area contributed by atoms with Crippen LogP contribution in [0.5, 0.6) is 23.0 Å². The van der Waals surface area contributed by atoms with Gasteiger partial charge in [0.1, 0.15) is 97.1 Å². The largest absolute Gasteiger partial charge is 0.491 e. The number of aromatic nitrogens is 13. The van der Waals surface area contributed by atoms with Gasteiger partial charge in [-0.1, -0.05) is 149 Å². The number of benzene rings is 5. The highest BCUT2D eigenvalue weighted by Crippen LogP contribution is 2.41. The third-order valence-electron chi connectivity index (χ3n) is 25.4. The van der Waals surface area contributed by atoms with Gasteiger partial charge in [0.15, 0.2) is 29.1 Å². The predicted molar refractivity (Wildman–Crippen MR) is 547 cm³/mol. The molecule has 0 saturated heterocycles. The van der Waals surface area contributed by atoms with Crippen molar-refractivity contribution in [2.45, 2.75) is 198 Å². The van der Waals surface area contributed by atoms with Gasteiger partial charge in [-0.25, -0.2) is 44.6 Å². The smallest absolute Gasteiger partial charge is 0.164 e. The summed E-state index contributed by atoms with van der Waals surface area (Å²) >= 11 is 19.2. The van der Waals surface area contributed by atoms with Crippen LogP contribution in [0.2, 0.25) is 15.1 Å². The van der Waals surface area contributed by atoms with Crippen molar-refractivity contribution in [3.63, 3.8) is 0 Å². The van der Waals surface area contributed by atoms with E-state index in [1.54, 1.807) is 56.4 Å². The SMILES string of the molecule is C=C(C)c1cc(N(C)C2CCCCC2)nc(-c2cc(Cl)cc(OCC(O)CNC)c2)n1.CNCC(O)COc1cc(Cl)cc(-c2nc(-c3cn[nH]c3)c(C)c(N(C)C3CCCCC3)n2)c1.CNCC(O)COc1cc(Cl)cc(-c2nc(N(C)C3CCCCC3)c(C)c(-n3cccn3)n2)c1.CNCC(O)COc1cccc(-c2nc(-c3cccc4ncccc34)cc(N(C)C3CCCCC3)n2)c1. The van der Waals surface area contributed by atoms with Crippen molar-refractivity contribution in [2.24, 2.45) is 0 Å². The van der Waals surface area contributed by atoms with Crippen molar-refractivity contribution in [3.8, 4) is 96.9 Å². The number of fused-ring (bicyclic) bond motifs is 1. The lowest BCUT2D eigenvalue weighted by Crippen LogP contribution is -2.34. The van der Waals surface area contributed by atoms with Crippen LogP contribution in [0.1, 0.15) is 152 Å². The molecule has 136 heavy (non-hydrogen) atoms. The highest BCUT2D eigenvalue weighted by atomic mass is 35.5. The topological polar surface area (TPSA) is 341 Å². The molecule has 724 valence electrons. The second kappa shape index (κ2) is 50.8. The normalized spacial score (nSPS) is 15.3. The van der Waals surface area contributed by atoms with Gasteiger partial charge in [0.2, 0.25) is 0 Å². The Morgan fingerprint density at radius 2 is 0.882 bits per heavy atom. The zero-order valence-electron chi connectivity index (χ0n) is 80.3. The maximum atomic E-state index is 10.0. The second-order valence-corrected chi connectivity index (χ2v) is 37.2. The maximum Gasteiger partial charge on any atom is 0.164 e. The molecule has 7 heterocycles. The minimum atomic E-state index is -0.620. The summed E-state index contributed by atoms with van der Waals surface area (Å²) in [5, 5.41) is 65.8. The molecule has 12 aromatic rings. The fourth-order valence-electron chi connectivity index (χ4n) is 18.0. The molecule has 0 aliphatic heterocycles. The van der Waals surface area contributed by atoms with Crippen LogP contribution in [0.15, 0.2) is 165 Å². The Labute approximate surface area is 815 Å². The number of aliphatic hydroxyl groups is 4. The number of ether oxygens (including phenoxy) is 4. The highest BCUT2D eigenvalue weighted by Gasteiger charge is 2.30. The van der Waals surface area contributed by atoms with Crippen LogP contribution in [-0.4, -0.2) is 243 Å². The first-order valence-corrected chi connectivity index (χ1v) is 48.9. The van der Waals surface area contributed by atoms with Crippen molar-refractivity contribution >= 4 is 74.6 Å². The zero-order valence-corrected chi connectivity index (χ0v) is 82.6. The number of aliphatic hydroxyl groups excluding tert-OH is 4. The molecule has 4 saturated carbocycles. The van der Waals surface area contributed by atoms with Crippen LogP contribution < -0.4 is 59.8 Å². The lowest BCUT2D eigenvalue weighted by molar-refractivity contribution is 0.108. The van der Waals surface area contributed by atoms with Crippen molar-refractivity contribution in [3.05, 3.63) is 197 Å². The predicted octanol–water partition coefficient (Wildman–Crippen LogP) is 17.9. The standard InChI is InChI=1S/C30H35N5O2.2C25H33ClN6O2.C24H33ClN4O2/c1-31-19-23(36)20-37-24-12-6-9-21(17-24)30-33-28(26-13-7-15-27-25(26)14-8-16-32-27)18-29(34-30)35(2)22-10-4-3-5-11-22;1-17-24(31(3)20-8-5-4-6-9-20)29-23(30-25(17)32-11-7-10-28-32)18-12-19(26)14-22(13-18)34-16-21(33)15-27-2;1-16-23(18-12-28-29-13-18)30-24(31-25(16)32(3)20-7-5-4-6-8-20)17-9-19(26)11-22(10-17)34-15-21(33)14-27-2;1-16(2)22-13-23(29(4)19-8-6-5-7-9-19)28-24(27-22)17-10-18(25)12-21(11-17)31-15-20(30)14-26-3/h6-9,12-18,22-23,31,36H,3-5,10-11,19-20H2,1-2H3;7,10-14,20-21,27,33H,4-6,8-9,15-16H2,1-3H3;9-13,20-21,27,33H,4-8,14-15H2,1-3H3,(H,28,29);10-13,19-20,26,30H,1,5-9,14-15H2,2-4H3. The first-order chi connectivity index (χ1) is 65.9. The molecule has 4 aliphatic rings. The third-order valence-corrected chi connectivity index (χ3v) is 26.0. The van der Waals surface area contributed by atoms with Crippen LogP contribution in [0, 0.1) is 13.8 Å². The molecule has 7 aromatic heterocycles. The van der Waals surface area contributed by atoms with Crippen molar-refractivity contribution < 1.29 is 39.4 Å². The Kier molecular flexibility index (Phi) is 38.3.